The fraction of sp³-hybridized carbons (Fsp3) is 0.167. The van der Waals surface area contributed by atoms with Crippen LogP contribution in [0.3, 0.4) is 0 Å². The summed E-state index contributed by atoms with van der Waals surface area (Å²) in [6, 6.07) is 12.5. The van der Waals surface area contributed by atoms with Crippen LogP contribution in [-0.4, -0.2) is 30.3 Å². The topological polar surface area (TPSA) is 82.5 Å². The lowest BCUT2D eigenvalue weighted by molar-refractivity contribution is -0.137. The number of hydrogen-bond donors (Lipinski definition) is 0. The first-order chi connectivity index (χ1) is 13.9. The van der Waals surface area contributed by atoms with Gasteiger partial charge in [0.25, 0.3) is 0 Å². The molecule has 0 radical (unpaired) electrons. The summed E-state index contributed by atoms with van der Waals surface area (Å²) in [5, 5.41) is 15.9. The lowest BCUT2D eigenvalue weighted by atomic mass is 10.1. The highest BCUT2D eigenvalue weighted by Gasteiger charge is 2.30. The number of hydrogen-bond acceptors (Lipinski definition) is 7. The van der Waals surface area contributed by atoms with Crippen molar-refractivity contribution in [2.75, 3.05) is 0 Å². The Hall–Kier alpha value is -3.21. The van der Waals surface area contributed by atoms with Crippen molar-refractivity contribution in [2.45, 2.75) is 24.0 Å². The van der Waals surface area contributed by atoms with E-state index in [1.54, 1.807) is 4.68 Å². The van der Waals surface area contributed by atoms with Crippen molar-refractivity contribution < 1.29 is 17.7 Å². The standard InChI is InChI=1S/C18H13F3N6OS/c1-11-5-7-14(8-6-11)27-17(23-25-26-27)29-10-15-22-16(24-28-15)12-3-2-4-13(9-12)18(19,20)21/h2-9H,10H2,1H3. The quantitative estimate of drug-likeness (QED) is 0.446. The first kappa shape index (κ1) is 19.1. The number of benzene rings is 2. The van der Waals surface area contributed by atoms with Crippen LogP contribution in [0.25, 0.3) is 17.1 Å². The molecule has 2 aromatic carbocycles. The summed E-state index contributed by atoms with van der Waals surface area (Å²) in [7, 11) is 0. The molecule has 11 heteroatoms. The Kier molecular flexibility index (Phi) is 5.05. The molecule has 0 bridgehead atoms. The molecule has 0 N–H and O–H groups in total. The van der Waals surface area contributed by atoms with E-state index < -0.39 is 11.7 Å². The zero-order valence-electron chi connectivity index (χ0n) is 15.0. The molecule has 7 nitrogen and oxygen atoms in total. The Labute approximate surface area is 166 Å². The van der Waals surface area contributed by atoms with Crippen LogP contribution in [0, 0.1) is 6.92 Å². The van der Waals surface area contributed by atoms with E-state index in [1.165, 1.54) is 23.9 Å². The van der Waals surface area contributed by atoms with E-state index in [2.05, 4.69) is 25.7 Å². The number of halogens is 3. The van der Waals surface area contributed by atoms with Crippen molar-refractivity contribution in [1.82, 2.24) is 30.3 Å². The second-order valence-corrected chi connectivity index (χ2v) is 7.03. The van der Waals surface area contributed by atoms with E-state index in [4.69, 9.17) is 4.52 Å². The van der Waals surface area contributed by atoms with Gasteiger partial charge < -0.3 is 4.52 Å². The molecule has 29 heavy (non-hydrogen) atoms. The molecular formula is C18H13F3N6OS. The van der Waals surface area contributed by atoms with Crippen LogP contribution in [-0.2, 0) is 11.9 Å². The molecule has 0 aliphatic carbocycles. The maximum atomic E-state index is 12.9. The molecule has 0 spiro atoms. The molecule has 0 saturated carbocycles. The lowest BCUT2D eigenvalue weighted by Crippen LogP contribution is -2.04. The zero-order chi connectivity index (χ0) is 20.4. The van der Waals surface area contributed by atoms with Crippen LogP contribution < -0.4 is 0 Å². The summed E-state index contributed by atoms with van der Waals surface area (Å²) in [6.45, 7) is 1.98. The molecule has 4 aromatic rings. The lowest BCUT2D eigenvalue weighted by Gasteiger charge is -2.06. The van der Waals surface area contributed by atoms with Crippen LogP contribution in [0.2, 0.25) is 0 Å². The SMILES string of the molecule is Cc1ccc(-n2nnnc2SCc2nc(-c3cccc(C(F)(F)F)c3)no2)cc1. The minimum atomic E-state index is -4.44. The molecular weight excluding hydrogens is 405 g/mol. The van der Waals surface area contributed by atoms with Crippen molar-refractivity contribution in [3.8, 4) is 17.1 Å². The average Bonchev–Trinajstić information content (AvgIpc) is 3.36. The number of alkyl halides is 3. The molecule has 148 valence electrons. The van der Waals surface area contributed by atoms with Crippen molar-refractivity contribution >= 4 is 11.8 Å². The maximum absolute atomic E-state index is 12.9. The average molecular weight is 418 g/mol. The second-order valence-electron chi connectivity index (χ2n) is 6.09. The fourth-order valence-electron chi connectivity index (χ4n) is 2.51. The van der Waals surface area contributed by atoms with Gasteiger partial charge in [-0.05, 0) is 41.6 Å². The van der Waals surface area contributed by atoms with E-state index in [0.717, 1.165) is 23.4 Å². The van der Waals surface area contributed by atoms with Crippen molar-refractivity contribution in [1.29, 1.82) is 0 Å². The summed E-state index contributed by atoms with van der Waals surface area (Å²) < 4.78 is 45.4. The van der Waals surface area contributed by atoms with E-state index >= 15 is 0 Å². The minimum absolute atomic E-state index is 0.0878. The number of nitrogens with zero attached hydrogens (tertiary/aromatic N) is 6. The minimum Gasteiger partial charge on any atom is -0.338 e. The molecule has 4 rings (SSSR count). The van der Waals surface area contributed by atoms with Crippen LogP contribution in [0.4, 0.5) is 13.2 Å². The van der Waals surface area contributed by atoms with E-state index in [1.807, 2.05) is 31.2 Å². The fourth-order valence-corrected chi connectivity index (χ4v) is 3.24. The van der Waals surface area contributed by atoms with E-state index in [0.29, 0.717) is 5.16 Å². The molecule has 0 amide bonds. The third-order valence-electron chi connectivity index (χ3n) is 3.96. The van der Waals surface area contributed by atoms with Crippen molar-refractivity contribution in [3.63, 3.8) is 0 Å². The molecule has 0 unspecified atom stereocenters. The van der Waals surface area contributed by atoms with E-state index in [9.17, 15) is 13.2 Å². The highest BCUT2D eigenvalue weighted by Crippen LogP contribution is 2.31. The van der Waals surface area contributed by atoms with Gasteiger partial charge >= 0.3 is 6.18 Å². The summed E-state index contributed by atoms with van der Waals surface area (Å²) in [5.74, 6) is 0.601. The monoisotopic (exact) mass is 418 g/mol. The van der Waals surface area contributed by atoms with Crippen LogP contribution in [0.15, 0.2) is 58.2 Å². The van der Waals surface area contributed by atoms with Gasteiger partial charge in [-0.1, -0.05) is 46.7 Å². The van der Waals surface area contributed by atoms with Gasteiger partial charge in [-0.3, -0.25) is 0 Å². The molecule has 0 aliphatic rings. The number of tetrazole rings is 1. The molecule has 0 saturated heterocycles. The highest BCUT2D eigenvalue weighted by atomic mass is 32.2. The Balaban J connectivity index is 1.49. The first-order valence-electron chi connectivity index (χ1n) is 8.38. The molecule has 0 atom stereocenters. The number of aromatic nitrogens is 6. The van der Waals surface area contributed by atoms with Crippen molar-refractivity contribution in [2.24, 2.45) is 0 Å². The summed E-state index contributed by atoms with van der Waals surface area (Å²) in [5.41, 5.74) is 1.37. The van der Waals surface area contributed by atoms with Crippen molar-refractivity contribution in [3.05, 3.63) is 65.5 Å². The maximum Gasteiger partial charge on any atom is 0.416 e. The Bertz CT molecular complexity index is 1120. The third-order valence-corrected chi connectivity index (χ3v) is 4.86. The predicted molar refractivity (Wildman–Crippen MR) is 98.2 cm³/mol. The number of aryl methyl sites for hydroxylation is 1. The smallest absolute Gasteiger partial charge is 0.338 e. The van der Waals surface area contributed by atoms with Crippen LogP contribution >= 0.6 is 11.8 Å². The van der Waals surface area contributed by atoms with Crippen LogP contribution in [0.1, 0.15) is 17.0 Å². The van der Waals surface area contributed by atoms with Gasteiger partial charge in [0, 0.05) is 5.56 Å². The van der Waals surface area contributed by atoms with Crippen LogP contribution in [0.5, 0.6) is 0 Å². The molecule has 2 heterocycles. The molecule has 0 fully saturated rings. The summed E-state index contributed by atoms with van der Waals surface area (Å²) in [6.07, 6.45) is -4.44. The molecule has 0 aliphatic heterocycles. The largest absolute Gasteiger partial charge is 0.416 e. The molecule has 2 aromatic heterocycles. The van der Waals surface area contributed by atoms with Gasteiger partial charge in [-0.15, -0.1) is 5.10 Å². The van der Waals surface area contributed by atoms with Gasteiger partial charge in [0.1, 0.15) is 0 Å². The normalized spacial score (nSPS) is 11.7. The first-order valence-corrected chi connectivity index (χ1v) is 9.37. The van der Waals surface area contributed by atoms with E-state index in [-0.39, 0.29) is 23.0 Å². The Morgan fingerprint density at radius 1 is 1.10 bits per heavy atom. The Morgan fingerprint density at radius 3 is 2.66 bits per heavy atom. The van der Waals surface area contributed by atoms with Gasteiger partial charge in [-0.25, -0.2) is 0 Å². The summed E-state index contributed by atoms with van der Waals surface area (Å²) in [4.78, 5) is 4.17. The summed E-state index contributed by atoms with van der Waals surface area (Å²) >= 11 is 1.27. The Morgan fingerprint density at radius 2 is 1.90 bits per heavy atom. The van der Waals surface area contributed by atoms with Gasteiger partial charge in [0.2, 0.25) is 16.9 Å². The van der Waals surface area contributed by atoms with Gasteiger partial charge in [0.05, 0.1) is 17.0 Å². The van der Waals surface area contributed by atoms with Gasteiger partial charge in [0.15, 0.2) is 0 Å². The number of rotatable bonds is 5. The zero-order valence-corrected chi connectivity index (χ0v) is 15.8. The number of thioether (sulfide) groups is 1. The highest BCUT2D eigenvalue weighted by molar-refractivity contribution is 7.98. The predicted octanol–water partition coefficient (Wildman–Crippen LogP) is 4.33. The second kappa shape index (κ2) is 7.66. The third kappa shape index (κ3) is 4.29. The van der Waals surface area contributed by atoms with Gasteiger partial charge in [-0.2, -0.15) is 22.8 Å².